The number of rotatable bonds is 11. The standard InChI is InChI=1S/C28H19NS.2C24H17NS.C22H15NS/c1-2-9-19(10-3-1)20-17-18-25(22-12-5-4-11-21(20)22)29-26-15-8-14-24-23-13-6-7-16-27(23)30-28(24)26;1-2-7-17(8-3-1)18-13-15-19(16-14-18)25-22-11-6-10-21-20-9-4-5-12-23(20)26-24(21)22;1-2-6-17(7-3-1)18-10-12-19(13-11-18)25-20-14-15-24-22(16-20)21-8-4-5-9-23(21)26-24;1-2-8-17-15(6-1)7-5-10-20(17)23-16-12-13-22-19(14-16)18-9-3-4-11-21(18)24-22/h1-18,29H;2*1-16,25H;1-14,23H. The summed E-state index contributed by atoms with van der Waals surface area (Å²) in [6, 6.07) is 137. The maximum absolute atomic E-state index is 3.74. The molecule has 504 valence electrons. The average Bonchev–Trinajstić information content (AvgIpc) is 1.52. The molecule has 0 bridgehead atoms. The minimum absolute atomic E-state index is 1.10. The number of benzene rings is 17. The zero-order valence-corrected chi connectivity index (χ0v) is 60.8. The number of anilines is 8. The van der Waals surface area contributed by atoms with E-state index in [0.29, 0.717) is 0 Å². The summed E-state index contributed by atoms with van der Waals surface area (Å²) in [7, 11) is 0. The maximum Gasteiger partial charge on any atom is 0.0590 e. The summed E-state index contributed by atoms with van der Waals surface area (Å²) in [5.74, 6) is 0. The fourth-order valence-electron chi connectivity index (χ4n) is 14.3. The number of thiophene rings is 4. The lowest BCUT2D eigenvalue weighted by Crippen LogP contribution is -1.93. The second kappa shape index (κ2) is 29.6. The molecule has 8 heteroatoms. The van der Waals surface area contributed by atoms with Crippen LogP contribution in [0.4, 0.5) is 45.5 Å². The van der Waals surface area contributed by atoms with E-state index in [-0.39, 0.29) is 0 Å². The molecule has 0 unspecified atom stereocenters. The fourth-order valence-corrected chi connectivity index (χ4v) is 18.8. The van der Waals surface area contributed by atoms with Gasteiger partial charge in [0.15, 0.2) is 0 Å². The molecule has 17 aromatic carbocycles. The van der Waals surface area contributed by atoms with Gasteiger partial charge in [0.05, 0.1) is 20.8 Å². The number of nitrogens with one attached hydrogen (secondary N) is 4. The van der Waals surface area contributed by atoms with Crippen LogP contribution in [0.2, 0.25) is 0 Å². The van der Waals surface area contributed by atoms with E-state index >= 15 is 0 Å². The average molecular weight is 1430 g/mol. The third kappa shape index (κ3) is 13.6. The summed E-state index contributed by atoms with van der Waals surface area (Å²) in [4.78, 5) is 0. The maximum atomic E-state index is 3.74. The Morgan fingerprint density at radius 2 is 0.491 bits per heavy atom. The van der Waals surface area contributed by atoms with Crippen molar-refractivity contribution >= 4 is 193 Å². The van der Waals surface area contributed by atoms with Crippen LogP contribution in [0.1, 0.15) is 0 Å². The summed E-state index contributed by atoms with van der Waals surface area (Å²) in [5, 5.41) is 30.0. The van der Waals surface area contributed by atoms with Crippen LogP contribution in [0.3, 0.4) is 0 Å². The van der Waals surface area contributed by atoms with Gasteiger partial charge in [-0.2, -0.15) is 0 Å². The molecule has 4 aromatic heterocycles. The Hall–Kier alpha value is -12.7. The Balaban J connectivity index is 0.000000100. The molecule has 106 heavy (non-hydrogen) atoms. The lowest BCUT2D eigenvalue weighted by atomic mass is 9.97. The minimum atomic E-state index is 1.10. The van der Waals surface area contributed by atoms with Gasteiger partial charge in [-0.3, -0.25) is 0 Å². The van der Waals surface area contributed by atoms with Crippen LogP contribution >= 0.6 is 45.3 Å². The first-order valence-corrected chi connectivity index (χ1v) is 38.9. The molecular weight excluding hydrogens is 1360 g/mol. The Kier molecular flexibility index (Phi) is 18.3. The molecule has 0 fully saturated rings. The monoisotopic (exact) mass is 1430 g/mol. The van der Waals surface area contributed by atoms with Crippen LogP contribution < -0.4 is 21.3 Å². The molecule has 0 atom stereocenters. The minimum Gasteiger partial charge on any atom is -0.356 e. The molecule has 0 aliphatic rings. The van der Waals surface area contributed by atoms with Crippen LogP contribution in [0, 0.1) is 0 Å². The normalized spacial score (nSPS) is 11.2. The van der Waals surface area contributed by atoms with Crippen molar-refractivity contribution in [2.24, 2.45) is 0 Å². The van der Waals surface area contributed by atoms with Crippen LogP contribution in [0.15, 0.2) is 388 Å². The summed E-state index contributed by atoms with van der Waals surface area (Å²) in [5.41, 5.74) is 16.5. The molecular formula is C98H68N4S4. The molecule has 0 aliphatic carbocycles. The van der Waals surface area contributed by atoms with Crippen molar-refractivity contribution < 1.29 is 0 Å². The Bertz CT molecular complexity index is 6680. The smallest absolute Gasteiger partial charge is 0.0590 e. The second-order valence-corrected chi connectivity index (χ2v) is 30.4. The van der Waals surface area contributed by atoms with Gasteiger partial charge in [0, 0.05) is 116 Å². The third-order valence-corrected chi connectivity index (χ3v) is 24.2. The molecule has 0 saturated heterocycles. The van der Waals surface area contributed by atoms with Crippen molar-refractivity contribution in [3.8, 4) is 33.4 Å². The Morgan fingerprint density at radius 1 is 0.160 bits per heavy atom. The lowest BCUT2D eigenvalue weighted by Gasteiger charge is -2.14. The van der Waals surface area contributed by atoms with E-state index in [9.17, 15) is 0 Å². The lowest BCUT2D eigenvalue weighted by molar-refractivity contribution is 1.56. The molecule has 4 N–H and O–H groups in total. The van der Waals surface area contributed by atoms with E-state index in [1.54, 1.807) is 0 Å². The van der Waals surface area contributed by atoms with E-state index in [2.05, 4.69) is 397 Å². The van der Waals surface area contributed by atoms with Gasteiger partial charge in [0.2, 0.25) is 0 Å². The van der Waals surface area contributed by atoms with E-state index in [1.807, 2.05) is 57.5 Å². The van der Waals surface area contributed by atoms with Crippen LogP contribution in [0.25, 0.3) is 136 Å². The van der Waals surface area contributed by atoms with Gasteiger partial charge in [0.25, 0.3) is 0 Å². The molecule has 4 heterocycles. The highest BCUT2D eigenvalue weighted by Crippen LogP contribution is 2.44. The van der Waals surface area contributed by atoms with Gasteiger partial charge in [-0.25, -0.2) is 0 Å². The highest BCUT2D eigenvalue weighted by molar-refractivity contribution is 7.27. The van der Waals surface area contributed by atoms with Crippen molar-refractivity contribution in [1.29, 1.82) is 0 Å². The number of hydrogen-bond acceptors (Lipinski definition) is 8. The second-order valence-electron chi connectivity index (χ2n) is 26.2. The molecule has 0 saturated carbocycles. The van der Waals surface area contributed by atoms with E-state index < -0.39 is 0 Å². The predicted octanol–water partition coefficient (Wildman–Crippen LogP) is 30.5. The zero-order valence-electron chi connectivity index (χ0n) is 57.6. The Morgan fingerprint density at radius 3 is 1.02 bits per heavy atom. The fraction of sp³-hybridized carbons (Fsp3) is 0. The van der Waals surface area contributed by atoms with Gasteiger partial charge >= 0.3 is 0 Å². The van der Waals surface area contributed by atoms with Crippen LogP contribution in [0.5, 0.6) is 0 Å². The first kappa shape index (κ1) is 65.4. The predicted molar refractivity (Wildman–Crippen MR) is 468 cm³/mol. The largest absolute Gasteiger partial charge is 0.356 e. The number of hydrogen-bond donors (Lipinski definition) is 4. The summed E-state index contributed by atoms with van der Waals surface area (Å²) in [6.07, 6.45) is 0. The van der Waals surface area contributed by atoms with Crippen molar-refractivity contribution in [2.75, 3.05) is 21.3 Å². The quantitative estimate of drug-likeness (QED) is 0.104. The molecule has 21 aromatic rings. The van der Waals surface area contributed by atoms with E-state index in [0.717, 1.165) is 45.5 Å². The van der Waals surface area contributed by atoms with E-state index in [1.165, 1.54) is 136 Å². The van der Waals surface area contributed by atoms with Crippen LogP contribution in [-0.4, -0.2) is 0 Å². The van der Waals surface area contributed by atoms with Crippen LogP contribution in [-0.2, 0) is 0 Å². The summed E-state index contributed by atoms with van der Waals surface area (Å²) < 4.78 is 10.6. The van der Waals surface area contributed by atoms with Crippen molar-refractivity contribution in [2.45, 2.75) is 0 Å². The van der Waals surface area contributed by atoms with Gasteiger partial charge in [0.1, 0.15) is 0 Å². The zero-order chi connectivity index (χ0) is 70.5. The topological polar surface area (TPSA) is 48.1 Å². The summed E-state index contributed by atoms with van der Waals surface area (Å²) >= 11 is 7.40. The number of fused-ring (bicyclic) bond motifs is 14. The highest BCUT2D eigenvalue weighted by Gasteiger charge is 2.15. The SMILES string of the molecule is c1ccc(-c2ccc(Nc3ccc4sc5ccccc5c4c3)cc2)cc1.c1ccc(-c2ccc(Nc3cccc4c3sc3ccccc34)c3ccccc23)cc1.c1ccc(-c2ccc(Nc3cccc4c3sc3ccccc34)cc2)cc1.c1ccc2c(Nc3ccc4sc5ccccc5c4c3)cccc2c1. The van der Waals surface area contributed by atoms with Crippen molar-refractivity contribution in [1.82, 2.24) is 0 Å². The molecule has 0 spiro atoms. The van der Waals surface area contributed by atoms with Gasteiger partial charge in [-0.05, 0) is 153 Å². The van der Waals surface area contributed by atoms with Crippen molar-refractivity contribution in [3.05, 3.63) is 388 Å². The first-order chi connectivity index (χ1) is 52.5. The first-order valence-electron chi connectivity index (χ1n) is 35.6. The third-order valence-electron chi connectivity index (χ3n) is 19.5. The Labute approximate surface area is 631 Å². The van der Waals surface area contributed by atoms with Gasteiger partial charge in [-0.1, -0.05) is 279 Å². The molecule has 21 rings (SSSR count). The molecule has 4 nitrogen and oxygen atoms in total. The highest BCUT2D eigenvalue weighted by atomic mass is 32.1. The molecule has 0 aliphatic heterocycles. The molecule has 0 amide bonds. The van der Waals surface area contributed by atoms with Gasteiger partial charge < -0.3 is 21.3 Å². The van der Waals surface area contributed by atoms with E-state index in [4.69, 9.17) is 0 Å². The van der Waals surface area contributed by atoms with Gasteiger partial charge in [-0.15, -0.1) is 45.3 Å². The van der Waals surface area contributed by atoms with Crippen molar-refractivity contribution in [3.63, 3.8) is 0 Å². The molecule has 0 radical (unpaired) electrons. The summed E-state index contributed by atoms with van der Waals surface area (Å²) in [6.45, 7) is 0.